The number of aliphatic carboxylic acids is 1. The van der Waals surface area contributed by atoms with Crippen molar-refractivity contribution in [3.8, 4) is 11.5 Å². The highest BCUT2D eigenvalue weighted by Gasteiger charge is 2.20. The molecule has 0 aromatic heterocycles. The van der Waals surface area contributed by atoms with Crippen LogP contribution in [0.1, 0.15) is 19.4 Å². The molecule has 1 aromatic rings. The van der Waals surface area contributed by atoms with Crippen LogP contribution in [0.25, 0.3) is 0 Å². The van der Waals surface area contributed by atoms with Crippen LogP contribution in [-0.2, 0) is 11.2 Å². The lowest BCUT2D eigenvalue weighted by molar-refractivity contribution is -0.140. The van der Waals surface area contributed by atoms with E-state index >= 15 is 0 Å². The molecule has 5 heteroatoms. The SMILES string of the molecule is CC(C)C(NCCc1ccc2c(c1)OCCO2)C(=O)O. The fourth-order valence-electron chi connectivity index (χ4n) is 2.22. The average Bonchev–Trinajstić information content (AvgIpc) is 2.42. The van der Waals surface area contributed by atoms with Crippen molar-refractivity contribution < 1.29 is 19.4 Å². The molecule has 0 saturated heterocycles. The van der Waals surface area contributed by atoms with Gasteiger partial charge in [-0.3, -0.25) is 4.79 Å². The number of hydrogen-bond donors (Lipinski definition) is 2. The first kappa shape index (κ1) is 14.7. The van der Waals surface area contributed by atoms with E-state index in [1.165, 1.54) is 0 Å². The zero-order valence-corrected chi connectivity index (χ0v) is 11.9. The number of fused-ring (bicyclic) bond motifs is 1. The molecule has 1 heterocycles. The predicted octanol–water partition coefficient (Wildman–Crippen LogP) is 1.70. The van der Waals surface area contributed by atoms with Crippen LogP contribution in [-0.4, -0.2) is 36.9 Å². The summed E-state index contributed by atoms with van der Waals surface area (Å²) in [6.07, 6.45) is 0.757. The molecule has 1 aromatic carbocycles. The van der Waals surface area contributed by atoms with Gasteiger partial charge in [0.15, 0.2) is 11.5 Å². The van der Waals surface area contributed by atoms with Crippen LogP contribution in [0.2, 0.25) is 0 Å². The maximum absolute atomic E-state index is 11.1. The van der Waals surface area contributed by atoms with E-state index in [1.54, 1.807) is 0 Å². The van der Waals surface area contributed by atoms with E-state index in [-0.39, 0.29) is 5.92 Å². The zero-order valence-electron chi connectivity index (χ0n) is 11.9. The number of nitrogens with one attached hydrogen (secondary N) is 1. The first-order valence-corrected chi connectivity index (χ1v) is 6.92. The van der Waals surface area contributed by atoms with Gasteiger partial charge in [-0.25, -0.2) is 0 Å². The highest BCUT2D eigenvalue weighted by atomic mass is 16.6. The van der Waals surface area contributed by atoms with Gasteiger partial charge >= 0.3 is 5.97 Å². The zero-order chi connectivity index (χ0) is 14.5. The van der Waals surface area contributed by atoms with E-state index < -0.39 is 12.0 Å². The normalized spacial score (nSPS) is 15.2. The van der Waals surface area contributed by atoms with Crippen molar-refractivity contribution in [3.05, 3.63) is 23.8 Å². The fourth-order valence-corrected chi connectivity index (χ4v) is 2.22. The molecule has 5 nitrogen and oxygen atoms in total. The molecular formula is C15H21NO4. The fraction of sp³-hybridized carbons (Fsp3) is 0.533. The summed E-state index contributed by atoms with van der Waals surface area (Å²) in [5.41, 5.74) is 1.11. The minimum Gasteiger partial charge on any atom is -0.486 e. The molecule has 0 spiro atoms. The highest BCUT2D eigenvalue weighted by molar-refractivity contribution is 5.73. The standard InChI is InChI=1S/C15H21NO4/c1-10(2)14(15(17)18)16-6-5-11-3-4-12-13(9-11)20-8-7-19-12/h3-4,9-10,14,16H,5-8H2,1-2H3,(H,17,18). The first-order valence-electron chi connectivity index (χ1n) is 6.92. The predicted molar refractivity (Wildman–Crippen MR) is 75.4 cm³/mol. The summed E-state index contributed by atoms with van der Waals surface area (Å²) in [6, 6.07) is 5.34. The van der Waals surface area contributed by atoms with Crippen LogP contribution in [0.3, 0.4) is 0 Å². The summed E-state index contributed by atoms with van der Waals surface area (Å²) in [5.74, 6) is 0.806. The molecule has 1 aliphatic heterocycles. The number of benzene rings is 1. The Kier molecular flexibility index (Phi) is 4.84. The lowest BCUT2D eigenvalue weighted by Gasteiger charge is -2.20. The van der Waals surface area contributed by atoms with E-state index in [4.69, 9.17) is 14.6 Å². The Labute approximate surface area is 118 Å². The van der Waals surface area contributed by atoms with Crippen LogP contribution >= 0.6 is 0 Å². The molecule has 1 atom stereocenters. The molecule has 0 fully saturated rings. The number of ether oxygens (including phenoxy) is 2. The van der Waals surface area contributed by atoms with Crippen LogP contribution in [0.5, 0.6) is 11.5 Å². The summed E-state index contributed by atoms with van der Waals surface area (Å²) in [4.78, 5) is 11.1. The second-order valence-electron chi connectivity index (χ2n) is 5.24. The molecule has 0 bridgehead atoms. The number of carboxylic acid groups (broad SMARTS) is 1. The molecule has 2 N–H and O–H groups in total. The Morgan fingerprint density at radius 2 is 2.00 bits per heavy atom. The van der Waals surface area contributed by atoms with Gasteiger partial charge in [0.05, 0.1) is 0 Å². The van der Waals surface area contributed by atoms with Gasteiger partial charge in [-0.1, -0.05) is 19.9 Å². The Morgan fingerprint density at radius 1 is 1.30 bits per heavy atom. The molecule has 0 radical (unpaired) electrons. The van der Waals surface area contributed by atoms with Crippen molar-refractivity contribution in [2.75, 3.05) is 19.8 Å². The van der Waals surface area contributed by atoms with E-state index in [2.05, 4.69) is 5.32 Å². The molecule has 110 valence electrons. The van der Waals surface area contributed by atoms with Gasteiger partial charge in [0.2, 0.25) is 0 Å². The number of rotatable bonds is 6. The largest absolute Gasteiger partial charge is 0.486 e. The van der Waals surface area contributed by atoms with Crippen molar-refractivity contribution in [2.24, 2.45) is 5.92 Å². The highest BCUT2D eigenvalue weighted by Crippen LogP contribution is 2.30. The van der Waals surface area contributed by atoms with Gasteiger partial charge in [-0.15, -0.1) is 0 Å². The summed E-state index contributed by atoms with van der Waals surface area (Å²) in [6.45, 7) is 5.58. The second-order valence-corrected chi connectivity index (χ2v) is 5.24. The Morgan fingerprint density at radius 3 is 2.65 bits per heavy atom. The van der Waals surface area contributed by atoms with Gasteiger partial charge < -0.3 is 19.9 Å². The maximum Gasteiger partial charge on any atom is 0.320 e. The van der Waals surface area contributed by atoms with Crippen LogP contribution in [0.15, 0.2) is 18.2 Å². The third kappa shape index (κ3) is 3.63. The van der Waals surface area contributed by atoms with Crippen molar-refractivity contribution in [3.63, 3.8) is 0 Å². The maximum atomic E-state index is 11.1. The number of carbonyl (C=O) groups is 1. The third-order valence-electron chi connectivity index (χ3n) is 3.32. The number of carboxylic acids is 1. The van der Waals surface area contributed by atoms with Gasteiger partial charge in [0.25, 0.3) is 0 Å². The lowest BCUT2D eigenvalue weighted by Crippen LogP contribution is -2.41. The monoisotopic (exact) mass is 279 g/mol. The van der Waals surface area contributed by atoms with Crippen molar-refractivity contribution in [1.29, 1.82) is 0 Å². The van der Waals surface area contributed by atoms with Gasteiger partial charge in [-0.2, -0.15) is 0 Å². The van der Waals surface area contributed by atoms with Crippen molar-refractivity contribution in [2.45, 2.75) is 26.3 Å². The first-order chi connectivity index (χ1) is 9.58. The summed E-state index contributed by atoms with van der Waals surface area (Å²) in [7, 11) is 0. The van der Waals surface area contributed by atoms with Gasteiger partial charge in [0, 0.05) is 0 Å². The summed E-state index contributed by atoms with van der Waals surface area (Å²) in [5, 5.41) is 12.2. The summed E-state index contributed by atoms with van der Waals surface area (Å²) < 4.78 is 11.0. The minimum absolute atomic E-state index is 0.0627. The van der Waals surface area contributed by atoms with E-state index in [0.29, 0.717) is 19.8 Å². The summed E-state index contributed by atoms with van der Waals surface area (Å²) >= 11 is 0. The molecule has 0 amide bonds. The minimum atomic E-state index is -0.804. The molecule has 1 aliphatic rings. The van der Waals surface area contributed by atoms with Crippen LogP contribution in [0.4, 0.5) is 0 Å². The smallest absolute Gasteiger partial charge is 0.320 e. The van der Waals surface area contributed by atoms with Gasteiger partial charge in [-0.05, 0) is 36.6 Å². The van der Waals surface area contributed by atoms with Crippen molar-refractivity contribution in [1.82, 2.24) is 5.32 Å². The molecule has 20 heavy (non-hydrogen) atoms. The molecule has 1 unspecified atom stereocenters. The van der Waals surface area contributed by atoms with Gasteiger partial charge in [0.1, 0.15) is 19.3 Å². The quantitative estimate of drug-likeness (QED) is 0.829. The van der Waals surface area contributed by atoms with E-state index in [1.807, 2.05) is 32.0 Å². The van der Waals surface area contributed by atoms with Crippen LogP contribution < -0.4 is 14.8 Å². The Hall–Kier alpha value is -1.75. The van der Waals surface area contributed by atoms with Crippen LogP contribution in [0, 0.1) is 5.92 Å². The third-order valence-corrected chi connectivity index (χ3v) is 3.32. The molecular weight excluding hydrogens is 258 g/mol. The Balaban J connectivity index is 1.89. The lowest BCUT2D eigenvalue weighted by atomic mass is 10.0. The Bertz CT molecular complexity index is 473. The van der Waals surface area contributed by atoms with E-state index in [0.717, 1.165) is 23.5 Å². The van der Waals surface area contributed by atoms with E-state index in [9.17, 15) is 4.79 Å². The molecule has 2 rings (SSSR count). The number of hydrogen-bond acceptors (Lipinski definition) is 4. The topological polar surface area (TPSA) is 67.8 Å². The molecule has 0 aliphatic carbocycles. The van der Waals surface area contributed by atoms with Crippen molar-refractivity contribution >= 4 is 5.97 Å². The average molecular weight is 279 g/mol. The molecule has 0 saturated carbocycles. The second kappa shape index (κ2) is 6.61.